The maximum Gasteiger partial charge on any atom is 0.243 e. The maximum absolute atomic E-state index is 11.9. The topological polar surface area (TPSA) is 80.9 Å². The highest BCUT2D eigenvalue weighted by Crippen LogP contribution is 2.31. The second kappa shape index (κ2) is 9.32. The van der Waals surface area contributed by atoms with Crippen molar-refractivity contribution in [2.75, 3.05) is 17.3 Å². The van der Waals surface area contributed by atoms with E-state index < -0.39 is 6.04 Å². The summed E-state index contributed by atoms with van der Waals surface area (Å²) in [6, 6.07) is 6.83. The molecule has 0 aliphatic carbocycles. The summed E-state index contributed by atoms with van der Waals surface area (Å²) < 4.78 is 0. The Labute approximate surface area is 148 Å². The lowest BCUT2D eigenvalue weighted by Crippen LogP contribution is -2.36. The van der Waals surface area contributed by atoms with Crippen LogP contribution in [0.5, 0.6) is 0 Å². The third kappa shape index (κ3) is 5.10. The van der Waals surface area contributed by atoms with Gasteiger partial charge in [-0.15, -0.1) is 22.6 Å². The van der Waals surface area contributed by atoms with Gasteiger partial charge in [-0.2, -0.15) is 11.8 Å². The molecule has 0 aliphatic heterocycles. The summed E-state index contributed by atoms with van der Waals surface area (Å²) in [6.45, 7) is 0. The van der Waals surface area contributed by atoms with Gasteiger partial charge in [0.05, 0.1) is 11.1 Å². The Morgan fingerprint density at radius 1 is 1.45 bits per heavy atom. The van der Waals surface area contributed by atoms with Crippen LogP contribution in [0.2, 0.25) is 5.02 Å². The van der Waals surface area contributed by atoms with E-state index in [4.69, 9.17) is 17.3 Å². The summed E-state index contributed by atoms with van der Waals surface area (Å²) in [5.41, 5.74) is 6.60. The predicted molar refractivity (Wildman–Crippen MR) is 97.2 cm³/mol. The van der Waals surface area contributed by atoms with Crippen LogP contribution in [0.25, 0.3) is 10.6 Å². The van der Waals surface area contributed by atoms with Crippen LogP contribution in [-0.2, 0) is 4.79 Å². The number of hydrogen-bond donors (Lipinski definition) is 2. The van der Waals surface area contributed by atoms with E-state index in [9.17, 15) is 4.79 Å². The first-order valence-electron chi connectivity index (χ1n) is 6.25. The van der Waals surface area contributed by atoms with Crippen molar-refractivity contribution in [3.8, 4) is 10.6 Å². The largest absolute Gasteiger partial charge is 0.320 e. The van der Waals surface area contributed by atoms with Crippen molar-refractivity contribution in [1.29, 1.82) is 0 Å². The van der Waals surface area contributed by atoms with Gasteiger partial charge in [-0.3, -0.25) is 10.1 Å². The number of nitrogens with two attached hydrogens (primary N) is 1. The van der Waals surface area contributed by atoms with Crippen molar-refractivity contribution in [2.45, 2.75) is 12.5 Å². The van der Waals surface area contributed by atoms with Crippen LogP contribution < -0.4 is 11.1 Å². The number of thioether (sulfide) groups is 1. The van der Waals surface area contributed by atoms with Gasteiger partial charge >= 0.3 is 0 Å². The van der Waals surface area contributed by atoms with Crippen molar-refractivity contribution in [2.24, 2.45) is 5.73 Å². The Morgan fingerprint density at radius 3 is 2.86 bits per heavy atom. The fourth-order valence-corrected chi connectivity index (χ4v) is 3.15. The van der Waals surface area contributed by atoms with Gasteiger partial charge in [0, 0.05) is 5.56 Å². The first-order chi connectivity index (χ1) is 10.1. The number of hydrogen-bond acceptors (Lipinski definition) is 6. The van der Waals surface area contributed by atoms with Crippen LogP contribution in [-0.4, -0.2) is 34.2 Å². The Hall–Kier alpha value is -0.860. The van der Waals surface area contributed by atoms with Crippen molar-refractivity contribution < 1.29 is 4.79 Å². The van der Waals surface area contributed by atoms with Crippen LogP contribution >= 0.6 is 47.1 Å². The van der Waals surface area contributed by atoms with Gasteiger partial charge < -0.3 is 5.73 Å². The molecule has 1 atom stereocenters. The molecule has 2 rings (SSSR count). The molecule has 0 saturated heterocycles. The number of anilines is 1. The van der Waals surface area contributed by atoms with E-state index in [1.165, 1.54) is 11.3 Å². The first-order valence-corrected chi connectivity index (χ1v) is 8.84. The normalized spacial score (nSPS) is 11.6. The fourth-order valence-electron chi connectivity index (χ4n) is 1.59. The van der Waals surface area contributed by atoms with Crippen molar-refractivity contribution in [1.82, 2.24) is 10.2 Å². The molecule has 0 saturated carbocycles. The lowest BCUT2D eigenvalue weighted by molar-refractivity contribution is -0.117. The molecule has 1 amide bonds. The number of amides is 1. The number of carbonyl (C=O) groups is 1. The molecule has 9 heteroatoms. The Balaban J connectivity index is 0.00000242. The van der Waals surface area contributed by atoms with Crippen LogP contribution in [0.1, 0.15) is 6.42 Å². The average Bonchev–Trinajstić information content (AvgIpc) is 2.93. The van der Waals surface area contributed by atoms with Gasteiger partial charge in [0.1, 0.15) is 0 Å². The Morgan fingerprint density at radius 2 is 2.18 bits per heavy atom. The molecule has 0 fully saturated rings. The van der Waals surface area contributed by atoms with E-state index in [1.807, 2.05) is 24.5 Å². The predicted octanol–water partition coefficient (Wildman–Crippen LogP) is 3.30. The Kier molecular flexibility index (Phi) is 8.13. The van der Waals surface area contributed by atoms with Gasteiger partial charge in [-0.1, -0.05) is 41.1 Å². The number of aromatic nitrogens is 2. The van der Waals surface area contributed by atoms with E-state index in [2.05, 4.69) is 15.5 Å². The number of rotatable bonds is 6. The second-order valence-electron chi connectivity index (χ2n) is 4.27. The van der Waals surface area contributed by atoms with E-state index in [0.717, 1.165) is 11.3 Å². The van der Waals surface area contributed by atoms with Gasteiger partial charge in [0.2, 0.25) is 11.0 Å². The molecule has 2 aromatic rings. The van der Waals surface area contributed by atoms with E-state index in [-0.39, 0.29) is 18.3 Å². The minimum atomic E-state index is -0.537. The van der Waals surface area contributed by atoms with Gasteiger partial charge in [0.15, 0.2) is 5.01 Å². The molecule has 1 aromatic carbocycles. The summed E-state index contributed by atoms with van der Waals surface area (Å²) in [5.74, 6) is 0.598. The molecule has 0 bridgehead atoms. The molecule has 120 valence electrons. The van der Waals surface area contributed by atoms with Gasteiger partial charge in [-0.05, 0) is 24.5 Å². The zero-order valence-electron chi connectivity index (χ0n) is 11.8. The summed E-state index contributed by atoms with van der Waals surface area (Å²) >= 11 is 9.04. The van der Waals surface area contributed by atoms with Gasteiger partial charge in [0.25, 0.3) is 0 Å². The maximum atomic E-state index is 11.9. The summed E-state index contributed by atoms with van der Waals surface area (Å²) in [6.07, 6.45) is 2.61. The first kappa shape index (κ1) is 19.2. The van der Waals surface area contributed by atoms with Crippen LogP contribution in [0, 0.1) is 0 Å². The van der Waals surface area contributed by atoms with E-state index in [0.29, 0.717) is 21.6 Å². The van der Waals surface area contributed by atoms with E-state index >= 15 is 0 Å². The monoisotopic (exact) mass is 378 g/mol. The van der Waals surface area contributed by atoms with Gasteiger partial charge in [-0.25, -0.2) is 0 Å². The zero-order chi connectivity index (χ0) is 15.2. The van der Waals surface area contributed by atoms with Crippen LogP contribution in [0.3, 0.4) is 0 Å². The number of nitrogens with zero attached hydrogens (tertiary/aromatic N) is 2. The highest BCUT2D eigenvalue weighted by molar-refractivity contribution is 7.98. The average molecular weight is 379 g/mol. The van der Waals surface area contributed by atoms with Crippen LogP contribution in [0.4, 0.5) is 5.13 Å². The molecule has 3 N–H and O–H groups in total. The smallest absolute Gasteiger partial charge is 0.243 e. The molecule has 0 unspecified atom stereocenters. The van der Waals surface area contributed by atoms with Crippen molar-refractivity contribution >= 4 is 58.1 Å². The summed E-state index contributed by atoms with van der Waals surface area (Å²) in [5, 5.41) is 12.4. The molecular formula is C13H16Cl2N4OS2. The molecule has 5 nitrogen and oxygen atoms in total. The third-order valence-corrected chi connectivity index (χ3v) is 4.57. The molecule has 0 aliphatic rings. The molecule has 0 radical (unpaired) electrons. The van der Waals surface area contributed by atoms with Crippen LogP contribution in [0.15, 0.2) is 24.3 Å². The molecule has 0 spiro atoms. The summed E-state index contributed by atoms with van der Waals surface area (Å²) in [7, 11) is 0. The Bertz CT molecular complexity index is 624. The molecular weight excluding hydrogens is 363 g/mol. The highest BCUT2D eigenvalue weighted by Gasteiger charge is 2.16. The zero-order valence-corrected chi connectivity index (χ0v) is 15.0. The highest BCUT2D eigenvalue weighted by atomic mass is 35.5. The lowest BCUT2D eigenvalue weighted by atomic mass is 10.2. The van der Waals surface area contributed by atoms with Crippen molar-refractivity contribution in [3.63, 3.8) is 0 Å². The molecule has 1 aromatic heterocycles. The minimum Gasteiger partial charge on any atom is -0.320 e. The number of carbonyl (C=O) groups excluding carboxylic acids is 1. The quantitative estimate of drug-likeness (QED) is 0.805. The SMILES string of the molecule is CSCC[C@H](N)C(=O)Nc1nnc(-c2ccccc2Cl)s1.Cl. The number of benzene rings is 1. The second-order valence-corrected chi connectivity index (χ2v) is 6.64. The number of halogens is 2. The summed E-state index contributed by atoms with van der Waals surface area (Å²) in [4.78, 5) is 11.9. The lowest BCUT2D eigenvalue weighted by Gasteiger charge is -2.08. The fraction of sp³-hybridized carbons (Fsp3) is 0.308. The van der Waals surface area contributed by atoms with E-state index in [1.54, 1.807) is 17.8 Å². The molecule has 22 heavy (non-hydrogen) atoms. The standard InChI is InChI=1S/C13H15ClN4OS2.ClH/c1-20-7-6-10(15)11(19)16-13-18-17-12(21-13)8-4-2-3-5-9(8)14;/h2-5,10H,6-7,15H2,1H3,(H,16,18,19);1H/t10-;/m0./s1. The molecule has 1 heterocycles. The van der Waals surface area contributed by atoms with Crippen molar-refractivity contribution in [3.05, 3.63) is 29.3 Å². The minimum absolute atomic E-state index is 0. The number of nitrogens with one attached hydrogen (secondary N) is 1. The third-order valence-electron chi connectivity index (χ3n) is 2.73.